The molecule has 144 valence electrons. The van der Waals surface area contributed by atoms with Gasteiger partial charge in [0.05, 0.1) is 13.0 Å². The van der Waals surface area contributed by atoms with Crippen molar-refractivity contribution < 1.29 is 9.53 Å². The zero-order valence-corrected chi connectivity index (χ0v) is 16.2. The van der Waals surface area contributed by atoms with Crippen LogP contribution in [0.15, 0.2) is 54.9 Å². The summed E-state index contributed by atoms with van der Waals surface area (Å²) in [5.41, 5.74) is 2.16. The van der Waals surface area contributed by atoms with Crippen LogP contribution in [0.1, 0.15) is 30.9 Å². The molecule has 5 heteroatoms. The lowest BCUT2D eigenvalue weighted by Gasteiger charge is -2.32. The van der Waals surface area contributed by atoms with Crippen molar-refractivity contribution in [1.29, 1.82) is 0 Å². The highest BCUT2D eigenvalue weighted by Gasteiger charge is 2.25. The standard InChI is InChI=1S/C23H25N3O2/c1-2-17-14-24-23(25-15-17)28-20-10-6-12-26(16-20)22(27)13-19-9-5-8-18-7-3-4-11-21(18)19/h3-5,7-9,11,14-15,20H,2,6,10,12-13,16H2,1H3. The van der Waals surface area contributed by atoms with Gasteiger partial charge in [-0.05, 0) is 41.2 Å². The fourth-order valence-corrected chi connectivity index (χ4v) is 3.72. The molecule has 1 unspecified atom stereocenters. The number of carbonyl (C=O) groups is 1. The van der Waals surface area contributed by atoms with Gasteiger partial charge in [-0.2, -0.15) is 0 Å². The SMILES string of the molecule is CCc1cnc(OC2CCCN(C(=O)Cc3cccc4ccccc34)C2)nc1. The summed E-state index contributed by atoms with van der Waals surface area (Å²) in [6, 6.07) is 14.7. The lowest BCUT2D eigenvalue weighted by molar-refractivity contribution is -0.133. The highest BCUT2D eigenvalue weighted by Crippen LogP contribution is 2.21. The largest absolute Gasteiger partial charge is 0.458 e. The van der Waals surface area contributed by atoms with Crippen molar-refractivity contribution >= 4 is 16.7 Å². The predicted molar refractivity (Wildman–Crippen MR) is 109 cm³/mol. The summed E-state index contributed by atoms with van der Waals surface area (Å²) in [6.07, 6.45) is 6.70. The molecule has 1 amide bonds. The Hall–Kier alpha value is -2.95. The van der Waals surface area contributed by atoms with Gasteiger partial charge in [0.2, 0.25) is 5.91 Å². The first kappa shape index (κ1) is 18.4. The van der Waals surface area contributed by atoms with E-state index in [1.807, 2.05) is 29.2 Å². The molecule has 1 saturated heterocycles. The molecule has 1 aliphatic heterocycles. The van der Waals surface area contributed by atoms with Crippen molar-refractivity contribution in [3.05, 3.63) is 66.0 Å². The summed E-state index contributed by atoms with van der Waals surface area (Å²) in [5.74, 6) is 0.145. The van der Waals surface area contributed by atoms with E-state index >= 15 is 0 Å². The number of hydrogen-bond acceptors (Lipinski definition) is 4. The van der Waals surface area contributed by atoms with Crippen LogP contribution in [0.3, 0.4) is 0 Å². The van der Waals surface area contributed by atoms with E-state index in [1.165, 1.54) is 5.39 Å². The number of fused-ring (bicyclic) bond motifs is 1. The molecule has 1 aromatic heterocycles. The lowest BCUT2D eigenvalue weighted by Crippen LogP contribution is -2.45. The van der Waals surface area contributed by atoms with E-state index in [-0.39, 0.29) is 12.0 Å². The van der Waals surface area contributed by atoms with Gasteiger partial charge >= 0.3 is 6.01 Å². The molecule has 1 atom stereocenters. The Morgan fingerprint density at radius 2 is 1.93 bits per heavy atom. The van der Waals surface area contributed by atoms with Crippen molar-refractivity contribution in [3.63, 3.8) is 0 Å². The van der Waals surface area contributed by atoms with E-state index in [2.05, 4.69) is 35.1 Å². The minimum absolute atomic E-state index is 0.0577. The Bertz CT molecular complexity index is 950. The second-order valence-corrected chi connectivity index (χ2v) is 7.26. The van der Waals surface area contributed by atoms with Crippen LogP contribution >= 0.6 is 0 Å². The van der Waals surface area contributed by atoms with E-state index in [0.29, 0.717) is 19.0 Å². The number of hydrogen-bond donors (Lipinski definition) is 0. The molecule has 5 nitrogen and oxygen atoms in total. The zero-order chi connectivity index (χ0) is 19.3. The number of likely N-dealkylation sites (tertiary alicyclic amines) is 1. The van der Waals surface area contributed by atoms with Gasteiger partial charge in [-0.1, -0.05) is 49.4 Å². The number of aromatic nitrogens is 2. The summed E-state index contributed by atoms with van der Waals surface area (Å²) in [6.45, 7) is 3.43. The van der Waals surface area contributed by atoms with Gasteiger partial charge in [0.1, 0.15) is 6.10 Å². The number of ether oxygens (including phenoxy) is 1. The van der Waals surface area contributed by atoms with Crippen LogP contribution in [0, 0.1) is 0 Å². The maximum atomic E-state index is 12.9. The van der Waals surface area contributed by atoms with Crippen LogP contribution in [0.2, 0.25) is 0 Å². The summed E-state index contributed by atoms with van der Waals surface area (Å²) in [7, 11) is 0. The second kappa shape index (κ2) is 8.38. The highest BCUT2D eigenvalue weighted by molar-refractivity contribution is 5.90. The molecule has 0 aliphatic carbocycles. The Balaban J connectivity index is 1.41. The van der Waals surface area contributed by atoms with Gasteiger partial charge in [0.15, 0.2) is 0 Å². The van der Waals surface area contributed by atoms with Gasteiger partial charge in [-0.25, -0.2) is 9.97 Å². The number of piperidine rings is 1. The van der Waals surface area contributed by atoms with Crippen LogP contribution in [-0.2, 0) is 17.6 Å². The molecule has 3 aromatic rings. The lowest BCUT2D eigenvalue weighted by atomic mass is 10.0. The third-order valence-corrected chi connectivity index (χ3v) is 5.31. The van der Waals surface area contributed by atoms with Gasteiger partial charge in [-0.3, -0.25) is 4.79 Å². The predicted octanol–water partition coefficient (Wildman–Crippen LogP) is 3.80. The van der Waals surface area contributed by atoms with Crippen LogP contribution < -0.4 is 4.74 Å². The smallest absolute Gasteiger partial charge is 0.316 e. The van der Waals surface area contributed by atoms with Crippen LogP contribution in [0.5, 0.6) is 6.01 Å². The zero-order valence-electron chi connectivity index (χ0n) is 16.2. The number of amides is 1. The first-order valence-corrected chi connectivity index (χ1v) is 9.95. The van der Waals surface area contributed by atoms with E-state index in [4.69, 9.17) is 4.74 Å². The normalized spacial score (nSPS) is 16.9. The Morgan fingerprint density at radius 1 is 1.14 bits per heavy atom. The number of benzene rings is 2. The van der Waals surface area contributed by atoms with Gasteiger partial charge in [-0.15, -0.1) is 0 Å². The first-order valence-electron chi connectivity index (χ1n) is 9.95. The molecular formula is C23H25N3O2. The van der Waals surface area contributed by atoms with Gasteiger partial charge < -0.3 is 9.64 Å². The molecule has 2 heterocycles. The summed E-state index contributed by atoms with van der Waals surface area (Å²) in [4.78, 5) is 23.4. The molecule has 4 rings (SSSR count). The van der Waals surface area contributed by atoms with Crippen LogP contribution in [-0.4, -0.2) is 40.0 Å². The van der Waals surface area contributed by atoms with Crippen molar-refractivity contribution in [2.24, 2.45) is 0 Å². The highest BCUT2D eigenvalue weighted by atomic mass is 16.5. The summed E-state index contributed by atoms with van der Waals surface area (Å²) >= 11 is 0. The first-order chi connectivity index (χ1) is 13.7. The molecule has 2 aromatic carbocycles. The molecule has 0 spiro atoms. The monoisotopic (exact) mass is 375 g/mol. The van der Waals surface area contributed by atoms with Crippen molar-refractivity contribution in [2.75, 3.05) is 13.1 Å². The topological polar surface area (TPSA) is 55.3 Å². The molecule has 0 bridgehead atoms. The van der Waals surface area contributed by atoms with Crippen molar-refractivity contribution in [3.8, 4) is 6.01 Å². The van der Waals surface area contributed by atoms with Gasteiger partial charge in [0.25, 0.3) is 0 Å². The van der Waals surface area contributed by atoms with Crippen LogP contribution in [0.25, 0.3) is 10.8 Å². The number of aryl methyl sites for hydroxylation is 1. The maximum absolute atomic E-state index is 12.9. The van der Waals surface area contributed by atoms with E-state index in [9.17, 15) is 4.79 Å². The third-order valence-electron chi connectivity index (χ3n) is 5.31. The Morgan fingerprint density at radius 3 is 2.75 bits per heavy atom. The molecular weight excluding hydrogens is 350 g/mol. The Kier molecular flexibility index (Phi) is 5.51. The maximum Gasteiger partial charge on any atom is 0.316 e. The van der Waals surface area contributed by atoms with Crippen LogP contribution in [0.4, 0.5) is 0 Å². The average molecular weight is 375 g/mol. The molecule has 1 aliphatic rings. The van der Waals surface area contributed by atoms with Gasteiger partial charge in [0, 0.05) is 18.9 Å². The number of carbonyl (C=O) groups excluding carboxylic acids is 1. The molecule has 0 radical (unpaired) electrons. The molecule has 0 N–H and O–H groups in total. The summed E-state index contributed by atoms with van der Waals surface area (Å²) < 4.78 is 5.94. The molecule has 0 saturated carbocycles. The van der Waals surface area contributed by atoms with Crippen molar-refractivity contribution in [1.82, 2.24) is 14.9 Å². The second-order valence-electron chi connectivity index (χ2n) is 7.26. The number of nitrogens with zero attached hydrogens (tertiary/aromatic N) is 3. The number of rotatable bonds is 5. The average Bonchev–Trinajstić information content (AvgIpc) is 2.75. The fraction of sp³-hybridized carbons (Fsp3) is 0.348. The molecule has 28 heavy (non-hydrogen) atoms. The minimum atomic E-state index is -0.0577. The van der Waals surface area contributed by atoms with E-state index in [1.54, 1.807) is 12.4 Å². The molecule has 1 fully saturated rings. The fourth-order valence-electron chi connectivity index (χ4n) is 3.72. The van der Waals surface area contributed by atoms with E-state index in [0.717, 1.165) is 42.3 Å². The van der Waals surface area contributed by atoms with E-state index < -0.39 is 0 Å². The minimum Gasteiger partial charge on any atom is -0.458 e. The van der Waals surface area contributed by atoms with Crippen molar-refractivity contribution in [2.45, 2.75) is 38.7 Å². The quantitative estimate of drug-likeness (QED) is 0.681. The Labute approximate surface area is 165 Å². The summed E-state index contributed by atoms with van der Waals surface area (Å²) in [5, 5.41) is 2.31. The third kappa shape index (κ3) is 4.14.